The van der Waals surface area contributed by atoms with Crippen LogP contribution in [0.15, 0.2) is 36.8 Å². The van der Waals surface area contributed by atoms with E-state index in [4.69, 9.17) is 16.3 Å². The Morgan fingerprint density at radius 1 is 1.16 bits per heavy atom. The fourth-order valence-corrected chi connectivity index (χ4v) is 4.62. The normalized spacial score (nSPS) is 21.3. The van der Waals surface area contributed by atoms with E-state index in [0.29, 0.717) is 49.9 Å². The highest BCUT2D eigenvalue weighted by Crippen LogP contribution is 2.40. The van der Waals surface area contributed by atoms with E-state index in [2.05, 4.69) is 14.9 Å². The second-order valence-corrected chi connectivity index (χ2v) is 7.96. The zero-order valence-electron chi connectivity index (χ0n) is 17.1. The van der Waals surface area contributed by atoms with Crippen molar-refractivity contribution in [1.29, 1.82) is 0 Å². The first-order chi connectivity index (χ1) is 15.0. The number of hydrogen-bond donors (Lipinski definition) is 1. The summed E-state index contributed by atoms with van der Waals surface area (Å²) in [4.78, 5) is 38.8. The van der Waals surface area contributed by atoms with Gasteiger partial charge in [0.2, 0.25) is 5.88 Å². The molecule has 1 aromatic heterocycles. The molecule has 1 aromatic carbocycles. The molecule has 2 aliphatic heterocycles. The van der Waals surface area contributed by atoms with Crippen molar-refractivity contribution in [3.8, 4) is 5.88 Å². The number of methoxy groups -OCH3 is 1. The van der Waals surface area contributed by atoms with Crippen LogP contribution in [0.25, 0.3) is 0 Å². The molecule has 0 aliphatic carbocycles. The number of carboxylic acid groups (broad SMARTS) is 1. The summed E-state index contributed by atoms with van der Waals surface area (Å²) in [6.07, 6.45) is 4.08. The van der Waals surface area contributed by atoms with Gasteiger partial charge >= 0.3 is 12.0 Å². The van der Waals surface area contributed by atoms with Gasteiger partial charge in [-0.1, -0.05) is 29.8 Å². The number of carbonyl (C=O) groups excluding carboxylic acids is 1. The van der Waals surface area contributed by atoms with Crippen molar-refractivity contribution in [2.24, 2.45) is 0 Å². The Hall–Kier alpha value is -3.07. The number of benzene rings is 1. The van der Waals surface area contributed by atoms with Crippen LogP contribution < -0.4 is 9.64 Å². The number of aliphatic carboxylic acids is 1. The molecule has 3 heterocycles. The molecule has 0 radical (unpaired) electrons. The van der Waals surface area contributed by atoms with Crippen molar-refractivity contribution >= 4 is 29.3 Å². The molecular formula is C21H24ClN5O4. The molecular weight excluding hydrogens is 422 g/mol. The number of carbonyl (C=O) groups is 2. The van der Waals surface area contributed by atoms with Gasteiger partial charge in [-0.05, 0) is 24.5 Å². The van der Waals surface area contributed by atoms with Crippen molar-refractivity contribution in [2.45, 2.75) is 24.9 Å². The van der Waals surface area contributed by atoms with Crippen LogP contribution in [0.1, 0.15) is 24.4 Å². The fourth-order valence-electron chi connectivity index (χ4n) is 4.36. The van der Waals surface area contributed by atoms with Gasteiger partial charge in [-0.2, -0.15) is 0 Å². The lowest BCUT2D eigenvalue weighted by Crippen LogP contribution is -2.55. The van der Waals surface area contributed by atoms with Gasteiger partial charge in [-0.15, -0.1) is 0 Å². The summed E-state index contributed by atoms with van der Waals surface area (Å²) < 4.78 is 5.31. The van der Waals surface area contributed by atoms with Crippen molar-refractivity contribution in [2.75, 3.05) is 38.2 Å². The summed E-state index contributed by atoms with van der Waals surface area (Å²) in [5.74, 6) is -0.508. The van der Waals surface area contributed by atoms with Crippen LogP contribution in [0.4, 0.5) is 10.5 Å². The van der Waals surface area contributed by atoms with E-state index in [1.54, 1.807) is 24.3 Å². The average Bonchev–Trinajstić information content (AvgIpc) is 3.24. The van der Waals surface area contributed by atoms with Crippen LogP contribution in [0.2, 0.25) is 5.02 Å². The topological polar surface area (TPSA) is 99.1 Å². The number of urea groups is 1. The number of hydrogen-bond acceptors (Lipinski definition) is 6. The number of piperazine rings is 1. The molecule has 9 nitrogen and oxygen atoms in total. The number of aromatic nitrogens is 2. The first-order valence-electron chi connectivity index (χ1n) is 10.1. The molecule has 0 bridgehead atoms. The predicted molar refractivity (Wildman–Crippen MR) is 114 cm³/mol. The lowest BCUT2D eigenvalue weighted by molar-refractivity contribution is -0.141. The number of anilines is 1. The van der Waals surface area contributed by atoms with Crippen molar-refractivity contribution in [1.82, 2.24) is 19.8 Å². The first kappa shape index (κ1) is 21.2. The maximum Gasteiger partial charge on any atom is 0.326 e. The number of amides is 2. The third-order valence-corrected chi connectivity index (χ3v) is 6.24. The summed E-state index contributed by atoms with van der Waals surface area (Å²) in [6, 6.07) is 5.80. The molecule has 10 heteroatoms. The number of carboxylic acids is 1. The smallest absolute Gasteiger partial charge is 0.326 e. The van der Waals surface area contributed by atoms with Crippen LogP contribution in [0, 0.1) is 0 Å². The molecule has 0 unspecified atom stereocenters. The van der Waals surface area contributed by atoms with Gasteiger partial charge in [0.25, 0.3) is 0 Å². The second kappa shape index (κ2) is 8.97. The molecule has 2 atom stereocenters. The Labute approximate surface area is 185 Å². The summed E-state index contributed by atoms with van der Waals surface area (Å²) in [5.41, 5.74) is 1.56. The standard InChI is InChI=1S/C21H24ClN5O4/c1-31-19-18(12-23-13-24-19)25-8-10-26(11-9-25)21(30)27-16(6-7-17(27)20(28)29)14-4-2-3-5-15(14)22/h2-5,12-13,16-17H,6-11H2,1H3,(H,28,29)/t16-,17+/m1/s1. The molecule has 2 amide bonds. The summed E-state index contributed by atoms with van der Waals surface area (Å²) in [6.45, 7) is 2.04. The Morgan fingerprint density at radius 2 is 1.90 bits per heavy atom. The number of halogens is 1. The maximum absolute atomic E-state index is 13.5. The number of ether oxygens (including phenoxy) is 1. The highest BCUT2D eigenvalue weighted by Gasteiger charge is 2.44. The van der Waals surface area contributed by atoms with E-state index >= 15 is 0 Å². The van der Waals surface area contributed by atoms with Crippen LogP contribution >= 0.6 is 11.6 Å². The van der Waals surface area contributed by atoms with Crippen molar-refractivity contribution in [3.63, 3.8) is 0 Å². The summed E-state index contributed by atoms with van der Waals surface area (Å²) in [5, 5.41) is 10.3. The van der Waals surface area contributed by atoms with E-state index in [1.807, 2.05) is 18.2 Å². The molecule has 4 rings (SSSR count). The minimum absolute atomic E-state index is 0.272. The first-order valence-corrected chi connectivity index (χ1v) is 10.5. The highest BCUT2D eigenvalue weighted by atomic mass is 35.5. The zero-order chi connectivity index (χ0) is 22.0. The second-order valence-electron chi connectivity index (χ2n) is 7.55. The van der Waals surface area contributed by atoms with Crippen molar-refractivity contribution < 1.29 is 19.4 Å². The molecule has 164 valence electrons. The van der Waals surface area contributed by atoms with Gasteiger partial charge in [0, 0.05) is 31.2 Å². The average molecular weight is 446 g/mol. The Kier molecular flexibility index (Phi) is 6.13. The molecule has 31 heavy (non-hydrogen) atoms. The van der Waals surface area contributed by atoms with Gasteiger partial charge in [-0.3, -0.25) is 0 Å². The van der Waals surface area contributed by atoms with Crippen LogP contribution in [0.5, 0.6) is 5.88 Å². The third kappa shape index (κ3) is 4.10. The quantitative estimate of drug-likeness (QED) is 0.772. The van der Waals surface area contributed by atoms with E-state index in [9.17, 15) is 14.7 Å². The third-order valence-electron chi connectivity index (χ3n) is 5.90. The SMILES string of the molecule is COc1ncncc1N1CCN(C(=O)N2[C@@H](c3ccccc3Cl)CC[C@H]2C(=O)O)CC1. The molecule has 2 aromatic rings. The van der Waals surface area contributed by atoms with Gasteiger partial charge in [0.1, 0.15) is 18.1 Å². The van der Waals surface area contributed by atoms with Gasteiger partial charge < -0.3 is 24.5 Å². The van der Waals surface area contributed by atoms with Gasteiger partial charge in [0.05, 0.1) is 19.3 Å². The predicted octanol–water partition coefficient (Wildman–Crippen LogP) is 2.67. The molecule has 2 saturated heterocycles. The van der Waals surface area contributed by atoms with Crippen molar-refractivity contribution in [3.05, 3.63) is 47.4 Å². The van der Waals surface area contributed by atoms with E-state index in [1.165, 1.54) is 11.2 Å². The van der Waals surface area contributed by atoms with Crippen LogP contribution in [0.3, 0.4) is 0 Å². The van der Waals surface area contributed by atoms with E-state index in [0.717, 1.165) is 11.3 Å². The lowest BCUT2D eigenvalue weighted by atomic mass is 10.0. The minimum atomic E-state index is -0.993. The van der Waals surface area contributed by atoms with E-state index in [-0.39, 0.29) is 12.1 Å². The molecule has 1 N–H and O–H groups in total. The molecule has 2 aliphatic rings. The Bertz CT molecular complexity index is 966. The Morgan fingerprint density at radius 3 is 2.58 bits per heavy atom. The largest absolute Gasteiger partial charge is 0.480 e. The monoisotopic (exact) mass is 445 g/mol. The number of nitrogens with zero attached hydrogens (tertiary/aromatic N) is 5. The van der Waals surface area contributed by atoms with Crippen LogP contribution in [-0.2, 0) is 4.79 Å². The molecule has 0 saturated carbocycles. The highest BCUT2D eigenvalue weighted by molar-refractivity contribution is 6.31. The Balaban J connectivity index is 1.52. The maximum atomic E-state index is 13.5. The van der Waals surface area contributed by atoms with E-state index < -0.39 is 12.0 Å². The van der Waals surface area contributed by atoms with Gasteiger partial charge in [0.15, 0.2) is 0 Å². The lowest BCUT2D eigenvalue weighted by Gasteiger charge is -2.40. The van der Waals surface area contributed by atoms with Gasteiger partial charge in [-0.25, -0.2) is 19.6 Å². The summed E-state index contributed by atoms with van der Waals surface area (Å²) in [7, 11) is 1.56. The molecule has 2 fully saturated rings. The fraction of sp³-hybridized carbons (Fsp3) is 0.429. The number of rotatable bonds is 4. The molecule has 0 spiro atoms. The minimum Gasteiger partial charge on any atom is -0.480 e. The number of likely N-dealkylation sites (tertiary alicyclic amines) is 1. The zero-order valence-corrected chi connectivity index (χ0v) is 17.9. The summed E-state index contributed by atoms with van der Waals surface area (Å²) >= 11 is 6.37. The van der Waals surface area contributed by atoms with Crippen LogP contribution in [-0.4, -0.2) is 76.2 Å².